The van der Waals surface area contributed by atoms with Crippen LogP contribution in [0.1, 0.15) is 32.4 Å². The van der Waals surface area contributed by atoms with Crippen LogP contribution in [0.2, 0.25) is 0 Å². The largest absolute Gasteiger partial charge is 0.360 e. The van der Waals surface area contributed by atoms with Gasteiger partial charge in [-0.1, -0.05) is 31.2 Å². The molecular weight excluding hydrogens is 334 g/mol. The highest BCUT2D eigenvalue weighted by Crippen LogP contribution is 2.52. The quantitative estimate of drug-likeness (QED) is 0.721. The molecule has 3 aliphatic rings. The number of hydrogen-bond acceptors (Lipinski definition) is 5. The maximum Gasteiger partial charge on any atom is 0.230 e. The Morgan fingerprint density at radius 3 is 2.88 bits per heavy atom. The molecule has 140 valence electrons. The van der Waals surface area contributed by atoms with Crippen LogP contribution in [-0.2, 0) is 20.9 Å². The Morgan fingerprint density at radius 1 is 1.46 bits per heavy atom. The van der Waals surface area contributed by atoms with E-state index in [4.69, 9.17) is 9.26 Å². The van der Waals surface area contributed by atoms with E-state index in [2.05, 4.69) is 19.0 Å². The zero-order valence-electron chi connectivity index (χ0n) is 15.4. The molecule has 2 bridgehead atoms. The molecule has 4 heterocycles. The summed E-state index contributed by atoms with van der Waals surface area (Å²) in [5.41, 5.74) is -0.641. The summed E-state index contributed by atoms with van der Waals surface area (Å²) in [6, 6.07) is 1.93. The highest BCUT2D eigenvalue weighted by atomic mass is 16.5. The van der Waals surface area contributed by atoms with E-state index >= 15 is 0 Å². The van der Waals surface area contributed by atoms with Crippen molar-refractivity contribution in [2.24, 2.45) is 11.8 Å². The topological polar surface area (TPSA) is 75.9 Å². The van der Waals surface area contributed by atoms with Crippen LogP contribution in [-0.4, -0.2) is 58.1 Å². The van der Waals surface area contributed by atoms with E-state index in [1.165, 1.54) is 0 Å². The summed E-state index contributed by atoms with van der Waals surface area (Å²) < 4.78 is 11.3. The van der Waals surface area contributed by atoms with E-state index in [0.717, 1.165) is 12.8 Å². The number of aromatic nitrogens is 1. The third-order valence-electron chi connectivity index (χ3n) is 6.06. The van der Waals surface area contributed by atoms with Crippen molar-refractivity contribution in [3.63, 3.8) is 0 Å². The van der Waals surface area contributed by atoms with Crippen molar-refractivity contribution >= 4 is 11.8 Å². The molecule has 1 spiro atoms. The molecule has 7 nitrogen and oxygen atoms in total. The summed E-state index contributed by atoms with van der Waals surface area (Å²) in [7, 11) is 1.73. The second-order valence-electron chi connectivity index (χ2n) is 7.51. The van der Waals surface area contributed by atoms with E-state index in [1.54, 1.807) is 24.2 Å². The van der Waals surface area contributed by atoms with Gasteiger partial charge in [0.2, 0.25) is 11.8 Å². The first-order valence-electron chi connectivity index (χ1n) is 9.33. The van der Waals surface area contributed by atoms with Crippen LogP contribution in [0.5, 0.6) is 0 Å². The molecule has 1 aromatic rings. The van der Waals surface area contributed by atoms with Crippen LogP contribution in [0.3, 0.4) is 0 Å². The fourth-order valence-electron chi connectivity index (χ4n) is 4.74. The zero-order valence-corrected chi connectivity index (χ0v) is 15.4. The van der Waals surface area contributed by atoms with Crippen molar-refractivity contribution in [3.8, 4) is 0 Å². The third kappa shape index (κ3) is 2.40. The first kappa shape index (κ1) is 17.3. The lowest BCUT2D eigenvalue weighted by Gasteiger charge is -2.29. The zero-order chi connectivity index (χ0) is 18.5. The normalized spacial score (nSPS) is 31.9. The maximum absolute atomic E-state index is 13.2. The van der Waals surface area contributed by atoms with E-state index < -0.39 is 17.4 Å². The summed E-state index contributed by atoms with van der Waals surface area (Å²) in [5.74, 6) is -0.312. The predicted molar refractivity (Wildman–Crippen MR) is 92.8 cm³/mol. The minimum absolute atomic E-state index is 0.0527. The summed E-state index contributed by atoms with van der Waals surface area (Å²) in [5, 5.41) is 3.67. The molecule has 2 fully saturated rings. The van der Waals surface area contributed by atoms with Crippen LogP contribution in [0.15, 0.2) is 28.9 Å². The van der Waals surface area contributed by atoms with Crippen molar-refractivity contribution in [2.45, 2.75) is 51.0 Å². The molecule has 0 unspecified atom stereocenters. The highest BCUT2D eigenvalue weighted by Gasteiger charge is 2.67. The summed E-state index contributed by atoms with van der Waals surface area (Å²) in [6.07, 6.45) is 7.00. The molecule has 2 amide bonds. The number of likely N-dealkylation sites (tertiary alicyclic amines) is 1. The van der Waals surface area contributed by atoms with Gasteiger partial charge in [-0.3, -0.25) is 9.59 Å². The standard InChI is InChI=1S/C19H25N3O4/c1-4-12(5-2)22-11-19-8-6-14(25-19)15(16(19)18(22)24)17(23)21(3)10-13-7-9-20-26-13/h6-9,12,14-16H,4-5,10-11H2,1-3H3/t14-,15+,16+,19-/m0/s1. The maximum atomic E-state index is 13.2. The predicted octanol–water partition coefficient (Wildman–Crippen LogP) is 1.60. The molecular formula is C19H25N3O4. The van der Waals surface area contributed by atoms with E-state index in [0.29, 0.717) is 18.8 Å². The smallest absolute Gasteiger partial charge is 0.230 e. The second kappa shape index (κ2) is 6.23. The van der Waals surface area contributed by atoms with Crippen LogP contribution in [0.25, 0.3) is 0 Å². The number of rotatable bonds is 6. The first-order valence-corrected chi connectivity index (χ1v) is 9.33. The van der Waals surface area contributed by atoms with Gasteiger partial charge in [-0.15, -0.1) is 0 Å². The van der Waals surface area contributed by atoms with Gasteiger partial charge in [-0.05, 0) is 12.8 Å². The molecule has 0 aliphatic carbocycles. The number of fused-ring (bicyclic) bond motifs is 1. The Kier molecular flexibility index (Phi) is 4.14. The van der Waals surface area contributed by atoms with Gasteiger partial charge >= 0.3 is 0 Å². The number of carbonyl (C=O) groups excluding carboxylic acids is 2. The summed E-state index contributed by atoms with van der Waals surface area (Å²) in [6.45, 7) is 5.06. The second-order valence-corrected chi connectivity index (χ2v) is 7.51. The molecule has 0 saturated carbocycles. The lowest BCUT2D eigenvalue weighted by molar-refractivity contribution is -0.143. The van der Waals surface area contributed by atoms with Crippen molar-refractivity contribution in [3.05, 3.63) is 30.2 Å². The molecule has 1 aromatic heterocycles. The molecule has 4 rings (SSSR count). The lowest BCUT2D eigenvalue weighted by Crippen LogP contribution is -2.45. The van der Waals surface area contributed by atoms with E-state index in [9.17, 15) is 9.59 Å². The lowest BCUT2D eigenvalue weighted by atomic mass is 9.76. The van der Waals surface area contributed by atoms with E-state index in [-0.39, 0.29) is 24.0 Å². The molecule has 0 aromatic carbocycles. The Morgan fingerprint density at radius 2 is 2.23 bits per heavy atom. The molecule has 4 atom stereocenters. The molecule has 26 heavy (non-hydrogen) atoms. The van der Waals surface area contributed by atoms with Gasteiger partial charge in [-0.2, -0.15) is 0 Å². The van der Waals surface area contributed by atoms with Crippen LogP contribution >= 0.6 is 0 Å². The first-order chi connectivity index (χ1) is 12.5. The minimum Gasteiger partial charge on any atom is -0.360 e. The van der Waals surface area contributed by atoms with Gasteiger partial charge in [-0.25, -0.2) is 0 Å². The fraction of sp³-hybridized carbons (Fsp3) is 0.632. The Labute approximate surface area is 152 Å². The van der Waals surface area contributed by atoms with Crippen molar-refractivity contribution in [2.75, 3.05) is 13.6 Å². The molecule has 7 heteroatoms. The van der Waals surface area contributed by atoms with Gasteiger partial charge in [0.15, 0.2) is 5.76 Å². The SMILES string of the molecule is CCC(CC)N1C[C@]23C=C[C@H](O2)[C@@H](C(=O)N(C)Cc2ccno2)[C@@H]3C1=O. The van der Waals surface area contributed by atoms with Gasteiger partial charge in [0.25, 0.3) is 0 Å². The number of nitrogens with zero attached hydrogens (tertiary/aromatic N) is 3. The monoisotopic (exact) mass is 359 g/mol. The van der Waals surface area contributed by atoms with Crippen molar-refractivity contribution < 1.29 is 18.8 Å². The van der Waals surface area contributed by atoms with Crippen molar-refractivity contribution in [1.82, 2.24) is 15.0 Å². The number of amides is 2. The Balaban J connectivity index is 1.57. The van der Waals surface area contributed by atoms with Crippen LogP contribution in [0, 0.1) is 11.8 Å². The number of ether oxygens (including phenoxy) is 1. The van der Waals surface area contributed by atoms with Crippen LogP contribution < -0.4 is 0 Å². The average Bonchev–Trinajstić information content (AvgIpc) is 3.38. The minimum atomic E-state index is -0.641. The molecule has 3 aliphatic heterocycles. The van der Waals surface area contributed by atoms with Gasteiger partial charge in [0.1, 0.15) is 5.60 Å². The third-order valence-corrected chi connectivity index (χ3v) is 6.06. The van der Waals surface area contributed by atoms with E-state index in [1.807, 2.05) is 17.1 Å². The Bertz CT molecular complexity index is 727. The average molecular weight is 359 g/mol. The molecule has 0 N–H and O–H groups in total. The van der Waals surface area contributed by atoms with Gasteiger partial charge in [0.05, 0.1) is 37.2 Å². The van der Waals surface area contributed by atoms with Crippen LogP contribution in [0.4, 0.5) is 0 Å². The fourth-order valence-corrected chi connectivity index (χ4v) is 4.74. The molecule has 0 radical (unpaired) electrons. The van der Waals surface area contributed by atoms with Crippen molar-refractivity contribution in [1.29, 1.82) is 0 Å². The Hall–Kier alpha value is -2.15. The number of hydrogen-bond donors (Lipinski definition) is 0. The molecule has 2 saturated heterocycles. The number of carbonyl (C=O) groups is 2. The summed E-state index contributed by atoms with van der Waals surface area (Å²) >= 11 is 0. The van der Waals surface area contributed by atoms with Gasteiger partial charge in [0, 0.05) is 19.2 Å². The summed E-state index contributed by atoms with van der Waals surface area (Å²) in [4.78, 5) is 29.9. The highest BCUT2D eigenvalue weighted by molar-refractivity contribution is 5.93. The van der Waals surface area contributed by atoms with Gasteiger partial charge < -0.3 is 19.1 Å².